The van der Waals surface area contributed by atoms with Crippen LogP contribution in [-0.4, -0.2) is 16.3 Å². The molecule has 0 bridgehead atoms. The summed E-state index contributed by atoms with van der Waals surface area (Å²) >= 11 is 12.1. The predicted octanol–water partition coefficient (Wildman–Crippen LogP) is 4.49. The third-order valence-corrected chi connectivity index (χ3v) is 4.43. The lowest BCUT2D eigenvalue weighted by molar-refractivity contribution is 0.765. The molecule has 1 aliphatic rings. The summed E-state index contributed by atoms with van der Waals surface area (Å²) in [5.74, 6) is 1.11. The van der Waals surface area contributed by atoms with Crippen molar-refractivity contribution in [3.05, 3.63) is 39.5 Å². The minimum Gasteiger partial charge on any atom is -0.370 e. The monoisotopic (exact) mass is 309 g/mol. The number of hydrogen-bond acceptors (Lipinski definition) is 2. The van der Waals surface area contributed by atoms with Crippen LogP contribution < -0.4 is 5.32 Å². The quantitative estimate of drug-likeness (QED) is 0.885. The van der Waals surface area contributed by atoms with Gasteiger partial charge in [0.25, 0.3) is 0 Å². The Morgan fingerprint density at radius 2 is 2.10 bits per heavy atom. The Labute approximate surface area is 128 Å². The summed E-state index contributed by atoms with van der Waals surface area (Å²) in [7, 11) is 0. The van der Waals surface area contributed by atoms with Gasteiger partial charge in [0.15, 0.2) is 0 Å². The summed E-state index contributed by atoms with van der Waals surface area (Å²) < 4.78 is 1.96. The van der Waals surface area contributed by atoms with Gasteiger partial charge >= 0.3 is 0 Å². The Morgan fingerprint density at radius 3 is 2.85 bits per heavy atom. The molecule has 1 aromatic carbocycles. The smallest absolute Gasteiger partial charge is 0.133 e. The molecule has 0 atom stereocenters. The van der Waals surface area contributed by atoms with E-state index in [1.54, 1.807) is 0 Å². The Bertz CT molecular complexity index is 634. The highest BCUT2D eigenvalue weighted by Crippen LogP contribution is 2.30. The molecule has 3 rings (SSSR count). The van der Waals surface area contributed by atoms with E-state index in [9.17, 15) is 0 Å². The Kier molecular flexibility index (Phi) is 3.90. The second kappa shape index (κ2) is 5.66. The van der Waals surface area contributed by atoms with Crippen LogP contribution in [0.15, 0.2) is 18.2 Å². The van der Waals surface area contributed by atoms with Gasteiger partial charge in [-0.3, -0.25) is 0 Å². The highest BCUT2D eigenvalue weighted by atomic mass is 35.5. The minimum absolute atomic E-state index is 0.556. The first-order chi connectivity index (χ1) is 9.70. The maximum absolute atomic E-state index is 6.13. The summed E-state index contributed by atoms with van der Waals surface area (Å²) in [6.45, 7) is 3.13. The van der Waals surface area contributed by atoms with E-state index in [4.69, 9.17) is 28.3 Å². The molecular formula is C15H17Cl2N3. The van der Waals surface area contributed by atoms with E-state index in [2.05, 4.69) is 12.2 Å². The van der Waals surface area contributed by atoms with Crippen molar-refractivity contribution in [3.8, 4) is 5.69 Å². The molecule has 20 heavy (non-hydrogen) atoms. The van der Waals surface area contributed by atoms with Crippen LogP contribution in [0.5, 0.6) is 0 Å². The van der Waals surface area contributed by atoms with Crippen LogP contribution in [0.25, 0.3) is 5.69 Å². The van der Waals surface area contributed by atoms with Gasteiger partial charge in [-0.2, -0.15) is 5.10 Å². The van der Waals surface area contributed by atoms with E-state index < -0.39 is 0 Å². The average Bonchev–Trinajstić information content (AvgIpc) is 2.63. The number of aryl methyl sites for hydroxylation is 1. The van der Waals surface area contributed by atoms with Gasteiger partial charge in [-0.15, -0.1) is 0 Å². The number of halogens is 2. The fourth-order valence-corrected chi connectivity index (χ4v) is 2.95. The summed E-state index contributed by atoms with van der Waals surface area (Å²) in [6.07, 6.45) is 4.43. The van der Waals surface area contributed by atoms with Gasteiger partial charge in [-0.25, -0.2) is 4.68 Å². The number of fused-ring (bicyclic) bond motifs is 1. The largest absolute Gasteiger partial charge is 0.370 e. The first-order valence-electron chi connectivity index (χ1n) is 7.00. The zero-order chi connectivity index (χ0) is 14.1. The highest BCUT2D eigenvalue weighted by Gasteiger charge is 2.19. The lowest BCUT2D eigenvalue weighted by Gasteiger charge is -2.10. The minimum atomic E-state index is 0.556. The zero-order valence-corrected chi connectivity index (χ0v) is 12.9. The first-order valence-corrected chi connectivity index (χ1v) is 7.76. The van der Waals surface area contributed by atoms with Crippen LogP contribution in [-0.2, 0) is 12.8 Å². The van der Waals surface area contributed by atoms with E-state index in [1.807, 2.05) is 22.9 Å². The van der Waals surface area contributed by atoms with Crippen LogP contribution in [0.1, 0.15) is 31.0 Å². The zero-order valence-electron chi connectivity index (χ0n) is 11.4. The molecule has 0 aliphatic carbocycles. The molecule has 0 radical (unpaired) electrons. The molecule has 106 valence electrons. The number of benzene rings is 1. The van der Waals surface area contributed by atoms with Gasteiger partial charge in [-0.05, 0) is 43.9 Å². The van der Waals surface area contributed by atoms with E-state index >= 15 is 0 Å². The molecule has 3 nitrogen and oxygen atoms in total. The van der Waals surface area contributed by atoms with Crippen LogP contribution >= 0.6 is 23.2 Å². The third-order valence-electron chi connectivity index (χ3n) is 3.70. The van der Waals surface area contributed by atoms with Gasteiger partial charge in [0.2, 0.25) is 0 Å². The fraction of sp³-hybridized carbons (Fsp3) is 0.400. The highest BCUT2D eigenvalue weighted by molar-refractivity contribution is 6.42. The lowest BCUT2D eigenvalue weighted by atomic mass is 10.1. The fourth-order valence-electron chi connectivity index (χ4n) is 2.66. The van der Waals surface area contributed by atoms with Crippen molar-refractivity contribution in [1.29, 1.82) is 0 Å². The molecule has 0 saturated heterocycles. The molecule has 1 N–H and O–H groups in total. The van der Waals surface area contributed by atoms with Crippen LogP contribution in [0.4, 0.5) is 5.82 Å². The van der Waals surface area contributed by atoms with Crippen LogP contribution in [0.2, 0.25) is 10.0 Å². The Hall–Kier alpha value is -1.19. The number of hydrogen-bond donors (Lipinski definition) is 1. The Balaban J connectivity index is 2.13. The number of anilines is 1. The molecule has 0 saturated carbocycles. The SMILES string of the molecule is CCc1nn(-c2ccc(Cl)c(Cl)c2)c2c1CCCCN2. The van der Waals surface area contributed by atoms with Gasteiger partial charge in [0, 0.05) is 12.1 Å². The second-order valence-electron chi connectivity index (χ2n) is 5.02. The average molecular weight is 310 g/mol. The molecule has 2 aromatic rings. The van der Waals surface area contributed by atoms with Crippen LogP contribution in [0.3, 0.4) is 0 Å². The maximum atomic E-state index is 6.13. The summed E-state index contributed by atoms with van der Waals surface area (Å²) in [4.78, 5) is 0. The van der Waals surface area contributed by atoms with Gasteiger partial charge in [0.05, 0.1) is 21.4 Å². The summed E-state index contributed by atoms with van der Waals surface area (Å²) in [6, 6.07) is 5.63. The van der Waals surface area contributed by atoms with Crippen molar-refractivity contribution in [2.45, 2.75) is 32.6 Å². The molecule has 0 fully saturated rings. The van der Waals surface area contributed by atoms with Crippen molar-refractivity contribution in [2.24, 2.45) is 0 Å². The Morgan fingerprint density at radius 1 is 1.25 bits per heavy atom. The number of nitrogens with one attached hydrogen (secondary N) is 1. The molecule has 2 heterocycles. The summed E-state index contributed by atoms with van der Waals surface area (Å²) in [5, 5.41) is 9.37. The van der Waals surface area contributed by atoms with E-state index in [1.165, 1.54) is 24.1 Å². The van der Waals surface area contributed by atoms with E-state index in [-0.39, 0.29) is 0 Å². The standard InChI is InChI=1S/C15H17Cl2N3/c1-2-14-11-5-3-4-8-18-15(11)20(19-14)10-6-7-12(16)13(17)9-10/h6-7,9,18H,2-5,8H2,1H3. The molecular weight excluding hydrogens is 293 g/mol. The second-order valence-corrected chi connectivity index (χ2v) is 5.84. The summed E-state index contributed by atoms with van der Waals surface area (Å²) in [5.41, 5.74) is 3.46. The van der Waals surface area contributed by atoms with E-state index in [0.717, 1.165) is 30.9 Å². The van der Waals surface area contributed by atoms with Crippen molar-refractivity contribution < 1.29 is 0 Å². The van der Waals surface area contributed by atoms with Crippen LogP contribution in [0, 0.1) is 0 Å². The number of aromatic nitrogens is 2. The number of rotatable bonds is 2. The molecule has 0 unspecified atom stereocenters. The molecule has 1 aliphatic heterocycles. The number of nitrogens with zero attached hydrogens (tertiary/aromatic N) is 2. The molecule has 1 aromatic heterocycles. The van der Waals surface area contributed by atoms with Gasteiger partial charge < -0.3 is 5.32 Å². The van der Waals surface area contributed by atoms with Gasteiger partial charge in [-0.1, -0.05) is 30.1 Å². The first kappa shape index (κ1) is 13.8. The third kappa shape index (κ3) is 2.40. The van der Waals surface area contributed by atoms with Gasteiger partial charge in [0.1, 0.15) is 5.82 Å². The molecule has 0 spiro atoms. The topological polar surface area (TPSA) is 29.9 Å². The van der Waals surface area contributed by atoms with Crippen molar-refractivity contribution >= 4 is 29.0 Å². The maximum Gasteiger partial charge on any atom is 0.133 e. The van der Waals surface area contributed by atoms with E-state index in [0.29, 0.717) is 10.0 Å². The van der Waals surface area contributed by atoms with Crippen molar-refractivity contribution in [2.75, 3.05) is 11.9 Å². The lowest BCUT2D eigenvalue weighted by Crippen LogP contribution is -2.07. The van der Waals surface area contributed by atoms with Crippen molar-refractivity contribution in [3.63, 3.8) is 0 Å². The normalized spacial score (nSPS) is 14.6. The van der Waals surface area contributed by atoms with Crippen molar-refractivity contribution in [1.82, 2.24) is 9.78 Å². The molecule has 0 amide bonds. The molecule has 5 heteroatoms. The predicted molar refractivity (Wildman–Crippen MR) is 84.4 cm³/mol.